The van der Waals surface area contributed by atoms with Crippen LogP contribution in [0.1, 0.15) is 15.9 Å². The van der Waals surface area contributed by atoms with Crippen LogP contribution in [0, 0.1) is 0 Å². The van der Waals surface area contributed by atoms with Crippen molar-refractivity contribution in [3.63, 3.8) is 0 Å². The number of aromatic nitrogens is 5. The lowest BCUT2D eigenvalue weighted by Crippen LogP contribution is -2.10. The van der Waals surface area contributed by atoms with Gasteiger partial charge in [-0.1, -0.05) is 18.2 Å². The second-order valence-electron chi connectivity index (χ2n) is 6.00. The van der Waals surface area contributed by atoms with E-state index in [9.17, 15) is 9.90 Å². The number of aromatic carboxylic acids is 1. The molecule has 0 saturated carbocycles. The predicted molar refractivity (Wildman–Crippen MR) is 101 cm³/mol. The highest BCUT2D eigenvalue weighted by atomic mass is 16.4. The van der Waals surface area contributed by atoms with E-state index in [2.05, 4.69) is 30.7 Å². The standard InChI is InChI=1S/C18H17N7O2/c1-25-10-12(8-22-25)23-18-21-9-14(17(26)27)16(24-18)20-7-11-6-19-15-5-3-2-4-13(11)15/h2-6,8-10,19H,7H2,1H3,(H,26,27)(H2,20,21,23,24). The Labute approximate surface area is 154 Å². The SMILES string of the molecule is Cn1cc(Nc2ncc(C(=O)O)c(NCc3c[nH]c4ccccc34)n2)cn1. The van der Waals surface area contributed by atoms with Gasteiger partial charge in [-0.2, -0.15) is 10.1 Å². The fourth-order valence-corrected chi connectivity index (χ4v) is 2.81. The van der Waals surface area contributed by atoms with Gasteiger partial charge in [0.1, 0.15) is 11.4 Å². The smallest absolute Gasteiger partial charge is 0.341 e. The predicted octanol–water partition coefficient (Wildman–Crippen LogP) is 2.75. The summed E-state index contributed by atoms with van der Waals surface area (Å²) in [6.07, 6.45) is 6.58. The molecule has 136 valence electrons. The average Bonchev–Trinajstić information content (AvgIpc) is 3.26. The van der Waals surface area contributed by atoms with Crippen LogP contribution >= 0.6 is 0 Å². The van der Waals surface area contributed by atoms with Gasteiger partial charge in [0, 0.05) is 43.1 Å². The van der Waals surface area contributed by atoms with E-state index in [1.165, 1.54) is 6.20 Å². The van der Waals surface area contributed by atoms with Gasteiger partial charge in [0.05, 0.1) is 11.9 Å². The molecule has 0 aliphatic carbocycles. The van der Waals surface area contributed by atoms with Gasteiger partial charge in [0.15, 0.2) is 0 Å². The number of aromatic amines is 1. The van der Waals surface area contributed by atoms with Gasteiger partial charge in [0.25, 0.3) is 0 Å². The molecule has 0 atom stereocenters. The van der Waals surface area contributed by atoms with Crippen molar-refractivity contribution in [3.8, 4) is 0 Å². The third-order valence-corrected chi connectivity index (χ3v) is 4.10. The van der Waals surface area contributed by atoms with Gasteiger partial charge >= 0.3 is 5.97 Å². The van der Waals surface area contributed by atoms with Crippen molar-refractivity contribution in [3.05, 3.63) is 60.2 Å². The largest absolute Gasteiger partial charge is 0.477 e. The summed E-state index contributed by atoms with van der Waals surface area (Å²) in [5.74, 6) is -0.562. The molecule has 9 nitrogen and oxygen atoms in total. The Hall–Kier alpha value is -3.88. The highest BCUT2D eigenvalue weighted by Gasteiger charge is 2.14. The number of benzene rings is 1. The first-order valence-corrected chi connectivity index (χ1v) is 8.25. The second-order valence-corrected chi connectivity index (χ2v) is 6.00. The number of para-hydroxylation sites is 1. The number of rotatable bonds is 6. The van der Waals surface area contributed by atoms with Gasteiger partial charge < -0.3 is 20.7 Å². The highest BCUT2D eigenvalue weighted by Crippen LogP contribution is 2.21. The number of anilines is 3. The Balaban J connectivity index is 1.59. The number of carboxylic acid groups (broad SMARTS) is 1. The first kappa shape index (κ1) is 16.6. The Morgan fingerprint density at radius 1 is 1.30 bits per heavy atom. The number of fused-ring (bicyclic) bond motifs is 1. The Bertz CT molecular complexity index is 1120. The molecule has 0 unspecified atom stereocenters. The maximum atomic E-state index is 11.5. The molecule has 4 rings (SSSR count). The van der Waals surface area contributed by atoms with Crippen LogP contribution in [-0.4, -0.2) is 35.8 Å². The lowest BCUT2D eigenvalue weighted by molar-refractivity contribution is 0.0697. The molecule has 0 aliphatic heterocycles. The topological polar surface area (TPSA) is 121 Å². The van der Waals surface area contributed by atoms with Gasteiger partial charge in [-0.05, 0) is 11.6 Å². The van der Waals surface area contributed by atoms with E-state index in [0.29, 0.717) is 12.2 Å². The molecule has 0 aliphatic rings. The number of nitrogens with zero attached hydrogens (tertiary/aromatic N) is 4. The normalized spacial score (nSPS) is 10.9. The summed E-state index contributed by atoms with van der Waals surface area (Å²) in [6, 6.07) is 7.92. The maximum absolute atomic E-state index is 11.5. The number of hydrogen-bond donors (Lipinski definition) is 4. The fourth-order valence-electron chi connectivity index (χ4n) is 2.81. The van der Waals surface area contributed by atoms with E-state index in [1.807, 2.05) is 30.5 Å². The van der Waals surface area contributed by atoms with E-state index >= 15 is 0 Å². The quantitative estimate of drug-likeness (QED) is 0.416. The van der Waals surface area contributed by atoms with Crippen LogP contribution in [0.5, 0.6) is 0 Å². The van der Waals surface area contributed by atoms with Crippen molar-refractivity contribution in [2.75, 3.05) is 10.6 Å². The molecule has 27 heavy (non-hydrogen) atoms. The van der Waals surface area contributed by atoms with E-state index in [-0.39, 0.29) is 17.3 Å². The molecule has 0 saturated heterocycles. The second kappa shape index (κ2) is 6.79. The van der Waals surface area contributed by atoms with Crippen molar-refractivity contribution in [1.82, 2.24) is 24.7 Å². The number of carboxylic acids is 1. The van der Waals surface area contributed by atoms with Crippen LogP contribution in [0.15, 0.2) is 49.1 Å². The number of carbonyl (C=O) groups is 1. The van der Waals surface area contributed by atoms with Crippen LogP contribution in [0.2, 0.25) is 0 Å². The molecule has 4 N–H and O–H groups in total. The van der Waals surface area contributed by atoms with Crippen molar-refractivity contribution in [2.45, 2.75) is 6.54 Å². The number of aryl methyl sites for hydroxylation is 1. The van der Waals surface area contributed by atoms with Crippen LogP contribution in [0.3, 0.4) is 0 Å². The Morgan fingerprint density at radius 3 is 2.93 bits per heavy atom. The molecule has 3 aromatic heterocycles. The fraction of sp³-hybridized carbons (Fsp3) is 0.111. The summed E-state index contributed by atoms with van der Waals surface area (Å²) in [4.78, 5) is 23.1. The molecule has 0 spiro atoms. The third-order valence-electron chi connectivity index (χ3n) is 4.10. The zero-order valence-corrected chi connectivity index (χ0v) is 14.5. The van der Waals surface area contributed by atoms with Crippen molar-refractivity contribution >= 4 is 34.3 Å². The van der Waals surface area contributed by atoms with Crippen molar-refractivity contribution in [2.24, 2.45) is 7.05 Å². The van der Waals surface area contributed by atoms with E-state index < -0.39 is 5.97 Å². The Kier molecular flexibility index (Phi) is 4.17. The van der Waals surface area contributed by atoms with Gasteiger partial charge in [0.2, 0.25) is 5.95 Å². The third kappa shape index (κ3) is 3.43. The average molecular weight is 363 g/mol. The summed E-state index contributed by atoms with van der Waals surface area (Å²) < 4.78 is 1.64. The molecule has 1 aromatic carbocycles. The lowest BCUT2D eigenvalue weighted by Gasteiger charge is -2.10. The molecular formula is C18H17N7O2. The number of nitrogens with one attached hydrogen (secondary N) is 3. The molecule has 3 heterocycles. The summed E-state index contributed by atoms with van der Waals surface area (Å²) in [5.41, 5.74) is 2.76. The van der Waals surface area contributed by atoms with Crippen LogP contribution < -0.4 is 10.6 Å². The summed E-state index contributed by atoms with van der Waals surface area (Å²) >= 11 is 0. The van der Waals surface area contributed by atoms with E-state index in [1.54, 1.807) is 24.1 Å². The van der Waals surface area contributed by atoms with E-state index in [4.69, 9.17) is 0 Å². The molecule has 9 heteroatoms. The molecule has 0 bridgehead atoms. The van der Waals surface area contributed by atoms with Crippen LogP contribution in [-0.2, 0) is 13.6 Å². The monoisotopic (exact) mass is 363 g/mol. The molecule has 0 amide bonds. The summed E-state index contributed by atoms with van der Waals surface area (Å²) in [6.45, 7) is 0.424. The highest BCUT2D eigenvalue weighted by molar-refractivity contribution is 5.93. The molecule has 4 aromatic rings. The summed E-state index contributed by atoms with van der Waals surface area (Å²) in [7, 11) is 1.80. The van der Waals surface area contributed by atoms with Crippen LogP contribution in [0.4, 0.5) is 17.5 Å². The zero-order valence-electron chi connectivity index (χ0n) is 14.5. The minimum Gasteiger partial charge on any atom is -0.477 e. The number of H-pyrrole nitrogens is 1. The molecular weight excluding hydrogens is 346 g/mol. The van der Waals surface area contributed by atoms with Crippen molar-refractivity contribution in [1.29, 1.82) is 0 Å². The maximum Gasteiger partial charge on any atom is 0.341 e. The number of hydrogen-bond acceptors (Lipinski definition) is 6. The molecule has 0 fully saturated rings. The Morgan fingerprint density at radius 2 is 2.15 bits per heavy atom. The lowest BCUT2D eigenvalue weighted by atomic mass is 10.2. The summed E-state index contributed by atoms with van der Waals surface area (Å²) in [5, 5.41) is 20.7. The molecule has 0 radical (unpaired) electrons. The minimum atomic E-state index is -1.09. The zero-order chi connectivity index (χ0) is 18.8. The van der Waals surface area contributed by atoms with Gasteiger partial charge in [-0.3, -0.25) is 4.68 Å². The van der Waals surface area contributed by atoms with Crippen molar-refractivity contribution < 1.29 is 9.90 Å². The van der Waals surface area contributed by atoms with Gasteiger partial charge in [-0.15, -0.1) is 0 Å². The first-order valence-electron chi connectivity index (χ1n) is 8.25. The van der Waals surface area contributed by atoms with Gasteiger partial charge in [-0.25, -0.2) is 9.78 Å². The minimum absolute atomic E-state index is 0.00609. The van der Waals surface area contributed by atoms with E-state index in [0.717, 1.165) is 16.5 Å². The van der Waals surface area contributed by atoms with Crippen LogP contribution in [0.25, 0.3) is 10.9 Å². The first-order chi connectivity index (χ1) is 13.1.